The van der Waals surface area contributed by atoms with E-state index in [1.165, 1.54) is 0 Å². The van der Waals surface area contributed by atoms with E-state index in [4.69, 9.17) is 11.6 Å². The van der Waals surface area contributed by atoms with Gasteiger partial charge in [-0.3, -0.25) is 24.1 Å². The Balaban J connectivity index is 1.56. The van der Waals surface area contributed by atoms with Crippen LogP contribution in [0.4, 0.5) is 4.79 Å². The van der Waals surface area contributed by atoms with Gasteiger partial charge in [0, 0.05) is 23.7 Å². The highest BCUT2D eigenvalue weighted by Crippen LogP contribution is 2.32. The number of nitrogens with one attached hydrogen (secondary N) is 2. The Hall–Kier alpha value is -2.75. The second-order valence-corrected chi connectivity index (χ2v) is 9.76. The molecule has 0 aliphatic carbocycles. The highest BCUT2D eigenvalue weighted by molar-refractivity contribution is 8.18. The molecule has 0 saturated carbocycles. The van der Waals surface area contributed by atoms with Gasteiger partial charge in [0.25, 0.3) is 17.1 Å². The summed E-state index contributed by atoms with van der Waals surface area (Å²) in [6.07, 6.45) is 4.01. The third-order valence-corrected chi connectivity index (χ3v) is 6.75. The molecule has 7 nitrogen and oxygen atoms in total. The minimum Gasteiger partial charge on any atom is -0.353 e. The van der Waals surface area contributed by atoms with E-state index in [1.54, 1.807) is 66.4 Å². The van der Waals surface area contributed by atoms with Crippen LogP contribution in [0, 0.1) is 0 Å². The van der Waals surface area contributed by atoms with Crippen molar-refractivity contribution < 1.29 is 19.2 Å². The molecule has 34 heavy (non-hydrogen) atoms. The topological polar surface area (TPSA) is 95.6 Å². The largest absolute Gasteiger partial charge is 0.353 e. The standard InChI is InChI=1S/C24H24ClN3O4S2/c1-33-14-11-19(27-21(29)17-5-3-2-4-6-17)22(30)26-12-13-28-23(31)20(34-24(28)32)15-16-7-9-18(25)10-8-16/h2-10,15,19H,11-14H2,1H3,(H,26,30)(H,27,29)/b20-15+/t19-/m1/s1. The third kappa shape index (κ3) is 7.12. The molecule has 1 heterocycles. The van der Waals surface area contributed by atoms with Gasteiger partial charge in [-0.25, -0.2) is 0 Å². The van der Waals surface area contributed by atoms with Gasteiger partial charge >= 0.3 is 0 Å². The van der Waals surface area contributed by atoms with Crippen molar-refractivity contribution in [3.05, 3.63) is 75.7 Å². The first-order valence-corrected chi connectivity index (χ1v) is 13.1. The number of thioether (sulfide) groups is 2. The van der Waals surface area contributed by atoms with Crippen LogP contribution in [-0.4, -0.2) is 59.0 Å². The van der Waals surface area contributed by atoms with Crippen molar-refractivity contribution in [2.45, 2.75) is 12.5 Å². The van der Waals surface area contributed by atoms with Gasteiger partial charge in [-0.2, -0.15) is 11.8 Å². The number of carbonyl (C=O) groups is 4. The zero-order valence-corrected chi connectivity index (χ0v) is 20.8. The number of benzene rings is 2. The Kier molecular flexibility index (Phi) is 9.62. The summed E-state index contributed by atoms with van der Waals surface area (Å²) in [6.45, 7) is 0.123. The zero-order valence-electron chi connectivity index (χ0n) is 18.5. The average Bonchev–Trinajstić information content (AvgIpc) is 3.10. The number of amides is 4. The molecule has 1 aliphatic heterocycles. The summed E-state index contributed by atoms with van der Waals surface area (Å²) in [6, 6.07) is 14.9. The number of hydrogen-bond donors (Lipinski definition) is 2. The van der Waals surface area contributed by atoms with E-state index in [2.05, 4.69) is 10.6 Å². The summed E-state index contributed by atoms with van der Waals surface area (Å²) < 4.78 is 0. The van der Waals surface area contributed by atoms with Crippen LogP contribution >= 0.6 is 35.1 Å². The molecule has 1 aliphatic rings. The molecule has 178 valence electrons. The van der Waals surface area contributed by atoms with Crippen LogP contribution < -0.4 is 10.6 Å². The minimum atomic E-state index is -0.722. The minimum absolute atomic E-state index is 0.0379. The number of halogens is 1. The van der Waals surface area contributed by atoms with Crippen molar-refractivity contribution in [3.8, 4) is 0 Å². The Morgan fingerprint density at radius 2 is 1.82 bits per heavy atom. The van der Waals surface area contributed by atoms with Crippen LogP contribution in [0.3, 0.4) is 0 Å². The summed E-state index contributed by atoms with van der Waals surface area (Å²) in [5.41, 5.74) is 1.23. The maximum absolute atomic E-state index is 12.7. The molecule has 10 heteroatoms. The molecule has 0 unspecified atom stereocenters. The summed E-state index contributed by atoms with van der Waals surface area (Å²) in [5.74, 6) is -0.413. The molecule has 2 N–H and O–H groups in total. The molecular weight excluding hydrogens is 494 g/mol. The van der Waals surface area contributed by atoms with E-state index in [-0.39, 0.29) is 24.9 Å². The van der Waals surface area contributed by atoms with Gasteiger partial charge in [0.05, 0.1) is 4.91 Å². The number of imide groups is 1. The van der Waals surface area contributed by atoms with Gasteiger partial charge in [-0.1, -0.05) is 41.9 Å². The molecule has 2 aromatic rings. The lowest BCUT2D eigenvalue weighted by Gasteiger charge is -2.19. The number of carbonyl (C=O) groups excluding carboxylic acids is 4. The fourth-order valence-electron chi connectivity index (χ4n) is 3.15. The van der Waals surface area contributed by atoms with Crippen LogP contribution in [0.15, 0.2) is 59.5 Å². The molecule has 0 aromatic heterocycles. The Morgan fingerprint density at radius 1 is 1.12 bits per heavy atom. The second kappa shape index (κ2) is 12.6. The van der Waals surface area contributed by atoms with Crippen molar-refractivity contribution in [3.63, 3.8) is 0 Å². The van der Waals surface area contributed by atoms with Gasteiger partial charge in [-0.05, 0) is 66.1 Å². The number of hydrogen-bond acceptors (Lipinski definition) is 6. The predicted octanol–water partition coefficient (Wildman–Crippen LogP) is 4.04. The molecule has 2 aromatic carbocycles. The summed E-state index contributed by atoms with van der Waals surface area (Å²) in [5, 5.41) is 5.69. The summed E-state index contributed by atoms with van der Waals surface area (Å²) >= 11 is 8.31. The molecule has 1 atom stereocenters. The third-order valence-electron chi connectivity index (χ3n) is 4.94. The van der Waals surface area contributed by atoms with Crippen molar-refractivity contribution in [1.29, 1.82) is 0 Å². The first-order chi connectivity index (χ1) is 16.4. The quantitative estimate of drug-likeness (QED) is 0.462. The first kappa shape index (κ1) is 25.9. The molecular formula is C24H24ClN3O4S2. The van der Waals surface area contributed by atoms with Crippen LogP contribution in [0.2, 0.25) is 5.02 Å². The van der Waals surface area contributed by atoms with E-state index < -0.39 is 17.2 Å². The average molecular weight is 518 g/mol. The van der Waals surface area contributed by atoms with E-state index in [0.717, 1.165) is 22.2 Å². The molecule has 0 bridgehead atoms. The Labute approximate surface area is 211 Å². The molecule has 1 saturated heterocycles. The molecule has 0 radical (unpaired) electrons. The van der Waals surface area contributed by atoms with Gasteiger partial charge in [0.1, 0.15) is 6.04 Å². The first-order valence-electron chi connectivity index (χ1n) is 10.5. The highest BCUT2D eigenvalue weighted by Gasteiger charge is 2.34. The Bertz CT molecular complexity index is 1080. The summed E-state index contributed by atoms with van der Waals surface area (Å²) in [4.78, 5) is 51.6. The lowest BCUT2D eigenvalue weighted by Crippen LogP contribution is -2.48. The van der Waals surface area contributed by atoms with Gasteiger partial charge in [-0.15, -0.1) is 0 Å². The van der Waals surface area contributed by atoms with Gasteiger partial charge in [0.2, 0.25) is 5.91 Å². The highest BCUT2D eigenvalue weighted by atomic mass is 35.5. The van der Waals surface area contributed by atoms with E-state index in [0.29, 0.717) is 27.7 Å². The smallest absolute Gasteiger partial charge is 0.293 e. The van der Waals surface area contributed by atoms with Crippen LogP contribution in [0.1, 0.15) is 22.3 Å². The van der Waals surface area contributed by atoms with Crippen molar-refractivity contribution in [2.75, 3.05) is 25.1 Å². The molecule has 0 spiro atoms. The van der Waals surface area contributed by atoms with Crippen molar-refractivity contribution >= 4 is 64.2 Å². The van der Waals surface area contributed by atoms with E-state index in [9.17, 15) is 19.2 Å². The lowest BCUT2D eigenvalue weighted by atomic mass is 10.1. The van der Waals surface area contributed by atoms with Crippen LogP contribution in [0.25, 0.3) is 6.08 Å². The van der Waals surface area contributed by atoms with Gasteiger partial charge < -0.3 is 10.6 Å². The SMILES string of the molecule is CSCC[C@@H](NC(=O)c1ccccc1)C(=O)NCCN1C(=O)S/C(=C/c2ccc(Cl)cc2)C1=O. The lowest BCUT2D eigenvalue weighted by molar-refractivity contribution is -0.125. The Morgan fingerprint density at radius 3 is 2.50 bits per heavy atom. The summed E-state index contributed by atoms with van der Waals surface area (Å²) in [7, 11) is 0. The predicted molar refractivity (Wildman–Crippen MR) is 138 cm³/mol. The van der Waals surface area contributed by atoms with Gasteiger partial charge in [0.15, 0.2) is 0 Å². The fourth-order valence-corrected chi connectivity index (χ4v) is 4.62. The van der Waals surface area contributed by atoms with Crippen molar-refractivity contribution in [1.82, 2.24) is 15.5 Å². The van der Waals surface area contributed by atoms with E-state index >= 15 is 0 Å². The zero-order chi connectivity index (χ0) is 24.5. The number of rotatable bonds is 10. The normalized spacial score (nSPS) is 15.5. The molecule has 1 fully saturated rings. The van der Waals surface area contributed by atoms with E-state index in [1.807, 2.05) is 12.3 Å². The maximum atomic E-state index is 12.7. The molecule has 3 rings (SSSR count). The van der Waals surface area contributed by atoms with Crippen LogP contribution in [-0.2, 0) is 9.59 Å². The monoisotopic (exact) mass is 517 g/mol. The van der Waals surface area contributed by atoms with Crippen LogP contribution in [0.5, 0.6) is 0 Å². The molecule has 4 amide bonds. The maximum Gasteiger partial charge on any atom is 0.293 e. The fraction of sp³-hybridized carbons (Fsp3) is 0.250. The second-order valence-electron chi connectivity index (χ2n) is 7.35. The van der Waals surface area contributed by atoms with Crippen molar-refractivity contribution in [2.24, 2.45) is 0 Å². The number of nitrogens with zero attached hydrogens (tertiary/aromatic N) is 1.